The van der Waals surface area contributed by atoms with Gasteiger partial charge >= 0.3 is 34.1 Å². The van der Waals surface area contributed by atoms with E-state index in [-0.39, 0.29) is 56.1 Å². The van der Waals surface area contributed by atoms with E-state index in [1.165, 1.54) is 87.9 Å². The SMILES string of the molecule is CSCCCCCOC(=O)c1c(Cl)c(Cl)c(Cl)c(Cl)c1C1=c2cc3c4c(c2Oc2c1cc1c5c2CCCN5CCC1)CCC[N+]=4CCC3.CSCCOC(=O)c1cc(NC(=O)c2cc(S(=O)(=O)F)ccc2C(=O)O)ccc1C1=c2ccc3c(c2Oc2c1ccc1c2CCCN1C)CCC[N+]=3C.CSOC(=O)c1ccccc1-c1c2ccc(=[N+]3CCCC3)cc-2oc2cc(N3CCCC3)ccc12. The van der Waals surface area contributed by atoms with E-state index in [1.54, 1.807) is 18.4 Å². The van der Waals surface area contributed by atoms with Crippen LogP contribution in [0.2, 0.25) is 20.1 Å². The van der Waals surface area contributed by atoms with Crippen molar-refractivity contribution in [3.8, 4) is 45.4 Å². The number of esters is 2. The van der Waals surface area contributed by atoms with E-state index >= 15 is 0 Å². The average Bonchev–Trinajstić information content (AvgIpc) is 0.844. The fourth-order valence-electron chi connectivity index (χ4n) is 21.5. The van der Waals surface area contributed by atoms with Crippen LogP contribution in [0.4, 0.5) is 26.6 Å². The number of hydrogen-bond donors (Lipinski definition) is 2. The Morgan fingerprint density at radius 3 is 1.99 bits per heavy atom. The van der Waals surface area contributed by atoms with E-state index in [0.29, 0.717) is 28.5 Å². The van der Waals surface area contributed by atoms with Gasteiger partial charge in [-0.05, 0) is 210 Å². The van der Waals surface area contributed by atoms with Gasteiger partial charge in [0.25, 0.3) is 5.91 Å². The maximum atomic E-state index is 14.1. The molecule has 0 saturated carbocycles. The zero-order valence-electron chi connectivity index (χ0n) is 76.5. The van der Waals surface area contributed by atoms with Crippen LogP contribution in [-0.2, 0) is 62.4 Å². The summed E-state index contributed by atoms with van der Waals surface area (Å²) in [7, 11) is -1.12. The Kier molecular flexibility index (Phi) is 28.1. The average molecular weight is 1990 g/mol. The number of carboxylic acid groups (broad SMARTS) is 1. The Morgan fingerprint density at radius 2 is 1.21 bits per heavy atom. The van der Waals surface area contributed by atoms with Gasteiger partial charge in [-0.1, -0.05) is 70.7 Å². The molecule has 0 atom stereocenters. The molecule has 0 bridgehead atoms. The molecule has 11 aliphatic heterocycles. The van der Waals surface area contributed by atoms with Crippen LogP contribution < -0.4 is 69.7 Å². The van der Waals surface area contributed by atoms with E-state index in [4.69, 9.17) is 74.0 Å². The largest absolute Gasteiger partial charge is 0.478 e. The number of carboxylic acids is 1. The highest BCUT2D eigenvalue weighted by Crippen LogP contribution is 2.54. The van der Waals surface area contributed by atoms with Gasteiger partial charge in [0.15, 0.2) is 0 Å². The Balaban J connectivity index is 0.000000133. The van der Waals surface area contributed by atoms with Crippen molar-refractivity contribution in [2.75, 3.05) is 143 Å². The lowest BCUT2D eigenvalue weighted by Gasteiger charge is -2.39. The van der Waals surface area contributed by atoms with E-state index in [9.17, 15) is 41.4 Å². The van der Waals surface area contributed by atoms with Gasteiger partial charge in [-0.2, -0.15) is 31.9 Å². The van der Waals surface area contributed by atoms with Crippen molar-refractivity contribution in [2.45, 2.75) is 127 Å². The van der Waals surface area contributed by atoms with E-state index in [2.05, 4.69) is 115 Å². The van der Waals surface area contributed by atoms with Crippen LogP contribution >= 0.6 is 82.0 Å². The van der Waals surface area contributed by atoms with Gasteiger partial charge in [0.2, 0.25) is 16.1 Å². The second kappa shape index (κ2) is 40.5. The number of rotatable bonds is 21. The number of hydrogen-bond acceptors (Lipinski definition) is 19. The molecule has 9 aromatic rings. The fourth-order valence-corrected chi connectivity index (χ4v) is 24.0. The van der Waals surface area contributed by atoms with Crippen molar-refractivity contribution < 1.29 is 68.9 Å². The van der Waals surface area contributed by atoms with Crippen LogP contribution in [0.25, 0.3) is 44.6 Å². The number of anilines is 4. The van der Waals surface area contributed by atoms with Crippen molar-refractivity contribution in [1.29, 1.82) is 0 Å². The number of carbonyl (C=O) groups is 5. The topological polar surface area (TPSA) is 230 Å². The summed E-state index contributed by atoms with van der Waals surface area (Å²) in [5, 5.41) is 19.1. The summed E-state index contributed by atoms with van der Waals surface area (Å²) in [6.07, 6.45) is 25.1. The normalized spacial score (nSPS) is 15.9. The maximum Gasteiger partial charge on any atom is 0.350 e. The molecule has 704 valence electrons. The number of thioether (sulfide) groups is 2. The molecule has 136 heavy (non-hydrogen) atoms. The molecule has 2 saturated heterocycles. The van der Waals surface area contributed by atoms with Crippen LogP contribution in [0.15, 0.2) is 143 Å². The number of ether oxygens (including phenoxy) is 4. The quantitative estimate of drug-likeness (QED) is 0.00995. The summed E-state index contributed by atoms with van der Waals surface area (Å²) in [4.78, 5) is 72.8. The minimum atomic E-state index is -5.24. The first-order chi connectivity index (χ1) is 66.0. The highest BCUT2D eigenvalue weighted by atomic mass is 35.5. The molecule has 2 N–H and O–H groups in total. The second-order valence-electron chi connectivity index (χ2n) is 36.0. The highest BCUT2D eigenvalue weighted by molar-refractivity contribution is 7.98. The van der Waals surface area contributed by atoms with Gasteiger partial charge < -0.3 is 52.7 Å². The molecule has 12 aliphatic rings. The maximum absolute atomic E-state index is 14.1. The Morgan fingerprint density at radius 1 is 0.522 bits per heavy atom. The minimum Gasteiger partial charge on any atom is -0.478 e. The van der Waals surface area contributed by atoms with Gasteiger partial charge in [0.1, 0.15) is 80.7 Å². The van der Waals surface area contributed by atoms with E-state index in [1.807, 2.05) is 54.4 Å². The lowest BCUT2D eigenvalue weighted by atomic mass is 9.81. The van der Waals surface area contributed by atoms with Gasteiger partial charge in [-0.15, -0.1) is 3.89 Å². The Hall–Kier alpha value is -10.6. The van der Waals surface area contributed by atoms with Crippen LogP contribution in [0, 0.1) is 0 Å². The molecular weight excluding hydrogens is 1880 g/mol. The first kappa shape index (κ1) is 94.4. The zero-order chi connectivity index (χ0) is 94.5. The number of benzene rings is 10. The molecule has 30 heteroatoms. The third-order valence-electron chi connectivity index (χ3n) is 27.8. The van der Waals surface area contributed by atoms with Crippen LogP contribution in [0.1, 0.15) is 191 Å². The second-order valence-corrected chi connectivity index (χ2v) is 41.4. The van der Waals surface area contributed by atoms with Crippen LogP contribution in [-0.4, -0.2) is 166 Å². The van der Waals surface area contributed by atoms with Gasteiger partial charge in [-0.3, -0.25) is 4.79 Å². The number of halogens is 5. The first-order valence-electron chi connectivity index (χ1n) is 46.9. The van der Waals surface area contributed by atoms with Crippen molar-refractivity contribution in [2.24, 2.45) is 0 Å². The standard InChI is InChI=1S/C39H36FN3O8S2.C38H39Cl4N2O3S.C29H29N2O3S/c1-42-16-4-6-26-32(42)14-12-28-34(29-13-15-33-27(7-5-17-43(33)2)36(29)51-35(26)28)24-10-8-22(20-31(24)39(47)50-18-19-52-3)41-37(44)30-21-23(53(40,48)49)9-11-25(30)38(45)46;1-48-18-4-2-3-17-46-38(45)29-28(30(39)32(41)33(42)31(29)40)27-25-19-21-9-5-13-43-15-7-11-23(34(21)43)36(25)47-37-24-12-8-16-44-14-6-10-22(35(24)44)20-26(27)37;1-35-34-29(32)23-9-3-2-8-22(23)28-24-12-10-20(30-14-4-5-15-30)18-26(24)33-27-19-21(11-13-25(27)28)31-16-6-7-17-31/h8-15,20-21H,4-7,16-19H2,1-3H3,(H,45,46);19-20H,2-18H2,1H3;2-3,8-13,18-19H,4-7,14-17H2,1H3/q;2*+1/p+1. The van der Waals surface area contributed by atoms with Crippen molar-refractivity contribution in [3.63, 3.8) is 0 Å². The molecule has 0 aromatic heterocycles. The molecule has 9 aromatic carbocycles. The summed E-state index contributed by atoms with van der Waals surface area (Å²) >= 11 is 32.2. The summed E-state index contributed by atoms with van der Waals surface area (Å²) < 4.78 is 81.9. The Bertz CT molecular complexity index is 7240. The molecule has 21 rings (SSSR count). The fraction of sp³-hybridized carbons (Fsp3) is 0.358. The Labute approximate surface area is 822 Å². The van der Waals surface area contributed by atoms with Crippen LogP contribution in [0.3, 0.4) is 0 Å². The number of nitrogens with one attached hydrogen (secondary N) is 1. The predicted octanol–water partition coefficient (Wildman–Crippen LogP) is 18.8. The third kappa shape index (κ3) is 18.3. The van der Waals surface area contributed by atoms with Crippen molar-refractivity contribution in [1.82, 2.24) is 13.7 Å². The smallest absolute Gasteiger partial charge is 0.350 e. The van der Waals surface area contributed by atoms with E-state index in [0.717, 1.165) is 303 Å². The summed E-state index contributed by atoms with van der Waals surface area (Å²) in [5.41, 5.74) is 18.8. The lowest BCUT2D eigenvalue weighted by molar-refractivity contribution is 0.0495. The third-order valence-corrected chi connectivity index (χ3v) is 32.0. The molecule has 2 fully saturated rings. The number of amides is 1. The molecular formula is C106H105Cl4FN7O14S4+3. The monoisotopic (exact) mass is 1990 g/mol. The highest BCUT2D eigenvalue weighted by Gasteiger charge is 2.41. The number of fused-ring (bicyclic) bond motifs is 12. The molecule has 0 unspecified atom stereocenters. The van der Waals surface area contributed by atoms with Gasteiger partial charge in [0.05, 0.1) is 88.6 Å². The molecule has 21 nitrogen and oxygen atoms in total. The molecule has 11 heterocycles. The summed E-state index contributed by atoms with van der Waals surface area (Å²) in [6, 6.07) is 40.4. The summed E-state index contributed by atoms with van der Waals surface area (Å²) in [6.45, 7) is 10.8. The number of carbonyl (C=O) groups excluding carboxylic acids is 4. The zero-order valence-corrected chi connectivity index (χ0v) is 82.8. The number of aromatic carboxylic acids is 1. The lowest BCUT2D eigenvalue weighted by Crippen LogP contribution is -2.45. The number of unbranched alkanes of at least 4 members (excludes halogenated alkanes) is 2. The minimum absolute atomic E-state index is 0.0551. The number of aryl methyl sites for hydroxylation is 2. The number of nitrogens with zero attached hydrogens (tertiary/aromatic N) is 6. The molecule has 0 radical (unpaired) electrons. The van der Waals surface area contributed by atoms with Crippen molar-refractivity contribution >= 4 is 167 Å². The van der Waals surface area contributed by atoms with Crippen LogP contribution in [0.5, 0.6) is 23.0 Å². The summed E-state index contributed by atoms with van der Waals surface area (Å²) in [5.74, 6) is 1.62. The first-order valence-corrected chi connectivity index (χ1v) is 53.7. The van der Waals surface area contributed by atoms with Gasteiger partial charge in [-0.25, -0.2) is 32.9 Å². The van der Waals surface area contributed by atoms with Gasteiger partial charge in [0, 0.05) is 196 Å². The predicted molar refractivity (Wildman–Crippen MR) is 543 cm³/mol. The molecule has 1 amide bonds. The van der Waals surface area contributed by atoms with E-state index < -0.39 is 50.1 Å². The van der Waals surface area contributed by atoms with Crippen molar-refractivity contribution in [3.05, 3.63) is 264 Å². The molecule has 1 aliphatic carbocycles. The molecule has 0 spiro atoms.